The highest BCUT2D eigenvalue weighted by molar-refractivity contribution is 5.48. The number of hydrogen-bond donors (Lipinski definition) is 0. The SMILES string of the molecule is CCCCC[C@@H]1C[C@H]1C/C=C/c1ccccc1. The Kier molecular flexibility index (Phi) is 4.85. The molecular weight excluding hydrogens is 204 g/mol. The van der Waals surface area contributed by atoms with Crippen LogP contribution in [0, 0.1) is 11.8 Å². The molecular formula is C17H24. The van der Waals surface area contributed by atoms with E-state index < -0.39 is 0 Å². The Balaban J connectivity index is 1.62. The van der Waals surface area contributed by atoms with E-state index in [-0.39, 0.29) is 0 Å². The second-order valence-corrected chi connectivity index (χ2v) is 5.30. The summed E-state index contributed by atoms with van der Waals surface area (Å²) >= 11 is 0. The summed E-state index contributed by atoms with van der Waals surface area (Å²) in [4.78, 5) is 0. The van der Waals surface area contributed by atoms with Crippen LogP contribution in [0.1, 0.15) is 51.0 Å². The van der Waals surface area contributed by atoms with Crippen molar-refractivity contribution in [1.82, 2.24) is 0 Å². The van der Waals surface area contributed by atoms with Gasteiger partial charge in [0.25, 0.3) is 0 Å². The zero-order valence-corrected chi connectivity index (χ0v) is 10.9. The van der Waals surface area contributed by atoms with Gasteiger partial charge in [0, 0.05) is 0 Å². The smallest absolute Gasteiger partial charge is 0.0260 e. The first-order chi connectivity index (χ1) is 8.40. The molecule has 0 unspecified atom stereocenters. The number of rotatable bonds is 7. The summed E-state index contributed by atoms with van der Waals surface area (Å²) in [6, 6.07) is 10.6. The minimum Gasteiger partial charge on any atom is -0.0837 e. The molecule has 1 aliphatic carbocycles. The second kappa shape index (κ2) is 6.64. The maximum absolute atomic E-state index is 2.36. The third-order valence-electron chi connectivity index (χ3n) is 3.80. The lowest BCUT2D eigenvalue weighted by Crippen LogP contribution is -1.82. The molecule has 1 saturated carbocycles. The van der Waals surface area contributed by atoms with Crippen LogP contribution in [0.3, 0.4) is 0 Å². The summed E-state index contributed by atoms with van der Waals surface area (Å²) in [6.45, 7) is 2.28. The summed E-state index contributed by atoms with van der Waals surface area (Å²) in [5.74, 6) is 2.04. The Morgan fingerprint density at radius 2 is 1.94 bits per heavy atom. The molecule has 0 heteroatoms. The van der Waals surface area contributed by atoms with Crippen LogP contribution in [0.2, 0.25) is 0 Å². The number of unbranched alkanes of at least 4 members (excludes halogenated alkanes) is 2. The molecule has 2 atom stereocenters. The van der Waals surface area contributed by atoms with Crippen LogP contribution in [0.25, 0.3) is 6.08 Å². The number of benzene rings is 1. The van der Waals surface area contributed by atoms with Crippen LogP contribution in [0.4, 0.5) is 0 Å². The van der Waals surface area contributed by atoms with Crippen molar-refractivity contribution < 1.29 is 0 Å². The summed E-state index contributed by atoms with van der Waals surface area (Å²) in [6.07, 6.45) is 13.1. The van der Waals surface area contributed by atoms with Gasteiger partial charge in [-0.25, -0.2) is 0 Å². The first-order valence-electron chi connectivity index (χ1n) is 7.11. The third kappa shape index (κ3) is 4.38. The molecule has 2 rings (SSSR count). The molecule has 0 nitrogen and oxygen atoms in total. The molecule has 1 aromatic rings. The van der Waals surface area contributed by atoms with Crippen molar-refractivity contribution in [3.8, 4) is 0 Å². The standard InChI is InChI=1S/C17H24/c1-2-3-5-12-16-14-17(16)13-8-11-15-9-6-4-7-10-15/h4,6-11,16-17H,2-3,5,12-14H2,1H3/b11-8+/t16-,17-/m1/s1. The highest BCUT2D eigenvalue weighted by Crippen LogP contribution is 2.45. The van der Waals surface area contributed by atoms with E-state index in [1.807, 2.05) is 0 Å². The summed E-state index contributed by atoms with van der Waals surface area (Å²) < 4.78 is 0. The van der Waals surface area contributed by atoms with Gasteiger partial charge in [0.1, 0.15) is 0 Å². The van der Waals surface area contributed by atoms with Gasteiger partial charge in [0.05, 0.1) is 0 Å². The topological polar surface area (TPSA) is 0 Å². The Morgan fingerprint density at radius 3 is 2.71 bits per heavy atom. The maximum Gasteiger partial charge on any atom is -0.0260 e. The number of hydrogen-bond acceptors (Lipinski definition) is 0. The van der Waals surface area contributed by atoms with Gasteiger partial charge < -0.3 is 0 Å². The average Bonchev–Trinajstić information content (AvgIpc) is 3.10. The monoisotopic (exact) mass is 228 g/mol. The second-order valence-electron chi connectivity index (χ2n) is 5.30. The third-order valence-corrected chi connectivity index (χ3v) is 3.80. The van der Waals surface area contributed by atoms with Crippen LogP contribution < -0.4 is 0 Å². The number of allylic oxidation sites excluding steroid dienone is 1. The van der Waals surface area contributed by atoms with Gasteiger partial charge in [-0.05, 0) is 30.2 Å². The summed E-state index contributed by atoms with van der Waals surface area (Å²) in [5.41, 5.74) is 1.33. The van der Waals surface area contributed by atoms with Crippen molar-refractivity contribution in [3.05, 3.63) is 42.0 Å². The lowest BCUT2D eigenvalue weighted by Gasteiger charge is -1.97. The van der Waals surface area contributed by atoms with Crippen molar-refractivity contribution in [2.75, 3.05) is 0 Å². The van der Waals surface area contributed by atoms with Crippen molar-refractivity contribution >= 4 is 6.08 Å². The lowest BCUT2D eigenvalue weighted by atomic mass is 10.1. The largest absolute Gasteiger partial charge is 0.0837 e. The van der Waals surface area contributed by atoms with Crippen molar-refractivity contribution in [2.24, 2.45) is 11.8 Å². The summed E-state index contributed by atoms with van der Waals surface area (Å²) in [7, 11) is 0. The first-order valence-corrected chi connectivity index (χ1v) is 7.11. The van der Waals surface area contributed by atoms with Crippen LogP contribution in [0.5, 0.6) is 0 Å². The molecule has 1 aromatic carbocycles. The molecule has 0 aliphatic heterocycles. The van der Waals surface area contributed by atoms with Crippen molar-refractivity contribution in [3.63, 3.8) is 0 Å². The zero-order valence-electron chi connectivity index (χ0n) is 10.9. The fourth-order valence-electron chi connectivity index (χ4n) is 2.55. The molecule has 0 bridgehead atoms. The van der Waals surface area contributed by atoms with Crippen LogP contribution in [-0.2, 0) is 0 Å². The van der Waals surface area contributed by atoms with Gasteiger partial charge in [0.2, 0.25) is 0 Å². The molecule has 1 fully saturated rings. The van der Waals surface area contributed by atoms with Gasteiger partial charge in [-0.3, -0.25) is 0 Å². The van der Waals surface area contributed by atoms with E-state index in [1.165, 1.54) is 44.1 Å². The fraction of sp³-hybridized carbons (Fsp3) is 0.529. The van der Waals surface area contributed by atoms with E-state index in [4.69, 9.17) is 0 Å². The predicted molar refractivity (Wildman–Crippen MR) is 75.8 cm³/mol. The van der Waals surface area contributed by atoms with Gasteiger partial charge in [-0.1, -0.05) is 75.1 Å². The molecule has 92 valence electrons. The molecule has 0 heterocycles. The Labute approximate surface area is 106 Å². The average molecular weight is 228 g/mol. The van der Waals surface area contributed by atoms with Crippen molar-refractivity contribution in [1.29, 1.82) is 0 Å². The van der Waals surface area contributed by atoms with E-state index in [0.29, 0.717) is 0 Å². The first kappa shape index (κ1) is 12.4. The fourth-order valence-corrected chi connectivity index (χ4v) is 2.55. The molecule has 0 spiro atoms. The van der Waals surface area contributed by atoms with Crippen LogP contribution >= 0.6 is 0 Å². The van der Waals surface area contributed by atoms with E-state index in [2.05, 4.69) is 49.4 Å². The van der Waals surface area contributed by atoms with Gasteiger partial charge in [0.15, 0.2) is 0 Å². The Morgan fingerprint density at radius 1 is 1.12 bits per heavy atom. The molecule has 17 heavy (non-hydrogen) atoms. The maximum atomic E-state index is 2.36. The van der Waals surface area contributed by atoms with Crippen molar-refractivity contribution in [2.45, 2.75) is 45.4 Å². The van der Waals surface area contributed by atoms with E-state index in [1.54, 1.807) is 0 Å². The normalized spacial score (nSPS) is 23.1. The molecule has 0 saturated heterocycles. The predicted octanol–water partition coefficient (Wildman–Crippen LogP) is 5.31. The highest BCUT2D eigenvalue weighted by atomic mass is 14.4. The quantitative estimate of drug-likeness (QED) is 0.555. The van der Waals surface area contributed by atoms with E-state index >= 15 is 0 Å². The van der Waals surface area contributed by atoms with Gasteiger partial charge in [-0.15, -0.1) is 0 Å². The molecule has 0 N–H and O–H groups in total. The Hall–Kier alpha value is -1.04. The van der Waals surface area contributed by atoms with Gasteiger partial charge >= 0.3 is 0 Å². The highest BCUT2D eigenvalue weighted by Gasteiger charge is 2.34. The molecule has 0 radical (unpaired) electrons. The summed E-state index contributed by atoms with van der Waals surface area (Å²) in [5, 5.41) is 0. The van der Waals surface area contributed by atoms with Crippen LogP contribution in [0.15, 0.2) is 36.4 Å². The van der Waals surface area contributed by atoms with Gasteiger partial charge in [-0.2, -0.15) is 0 Å². The van der Waals surface area contributed by atoms with Crippen LogP contribution in [-0.4, -0.2) is 0 Å². The van der Waals surface area contributed by atoms with E-state index in [9.17, 15) is 0 Å². The van der Waals surface area contributed by atoms with E-state index in [0.717, 1.165) is 11.8 Å². The minimum atomic E-state index is 0.992. The molecule has 0 aromatic heterocycles. The molecule has 0 amide bonds. The minimum absolute atomic E-state index is 0.992. The zero-order chi connectivity index (χ0) is 11.9. The lowest BCUT2D eigenvalue weighted by molar-refractivity contribution is 0.584. The molecule has 1 aliphatic rings. The Bertz CT molecular complexity index is 336.